The van der Waals surface area contributed by atoms with Crippen LogP contribution in [0.5, 0.6) is 11.5 Å². The van der Waals surface area contributed by atoms with E-state index in [1.807, 2.05) is 12.3 Å². The van der Waals surface area contributed by atoms with Gasteiger partial charge in [0.2, 0.25) is 0 Å². The van der Waals surface area contributed by atoms with E-state index in [-0.39, 0.29) is 42.7 Å². The van der Waals surface area contributed by atoms with Crippen molar-refractivity contribution in [2.24, 2.45) is 0 Å². The van der Waals surface area contributed by atoms with Crippen molar-refractivity contribution in [2.45, 2.75) is 110 Å². The van der Waals surface area contributed by atoms with Crippen LogP contribution in [0.2, 0.25) is 0 Å². The van der Waals surface area contributed by atoms with E-state index in [0.29, 0.717) is 11.5 Å². The first-order valence-electron chi connectivity index (χ1n) is 31.0. The Bertz CT molecular complexity index is 4540. The molecule has 0 amide bonds. The second kappa shape index (κ2) is 22.1. The summed E-state index contributed by atoms with van der Waals surface area (Å²) in [5.41, 5.74) is 21.9. The third-order valence-corrected chi connectivity index (χ3v) is 18.2. The maximum atomic E-state index is 7.14. The number of benzene rings is 10. The molecule has 1 aliphatic carbocycles. The first-order valence-corrected chi connectivity index (χ1v) is 31.0. The fourth-order valence-corrected chi connectivity index (χ4v) is 13.4. The van der Waals surface area contributed by atoms with E-state index in [9.17, 15) is 0 Å². The molecule has 5 nitrogen and oxygen atoms in total. The van der Waals surface area contributed by atoms with Crippen LogP contribution in [-0.2, 0) is 48.1 Å². The second-order valence-electron chi connectivity index (χ2n) is 28.2. The molecule has 0 saturated heterocycles. The van der Waals surface area contributed by atoms with Gasteiger partial charge < -0.3 is 19.1 Å². The van der Waals surface area contributed by atoms with Crippen LogP contribution in [0.15, 0.2) is 231 Å². The molecule has 14 rings (SSSR count). The zero-order valence-electron chi connectivity index (χ0n) is 53.0. The zero-order valence-corrected chi connectivity index (χ0v) is 55.3. The Morgan fingerprint density at radius 1 is 0.416 bits per heavy atom. The first-order chi connectivity index (χ1) is 42.1. The minimum Gasteiger partial charge on any atom is -0.509 e. The summed E-state index contributed by atoms with van der Waals surface area (Å²) in [6.07, 6.45) is 2.00. The van der Waals surface area contributed by atoms with E-state index in [0.717, 1.165) is 83.8 Å². The molecule has 0 fully saturated rings. The third-order valence-electron chi connectivity index (χ3n) is 18.2. The van der Waals surface area contributed by atoms with E-state index in [1.54, 1.807) is 0 Å². The molecule has 1 aliphatic heterocycles. The summed E-state index contributed by atoms with van der Waals surface area (Å²) in [5, 5.41) is 2.17. The van der Waals surface area contributed by atoms with Gasteiger partial charge in [-0.05, 0) is 131 Å². The SMILES string of the molecule is CC(C)(C)c1cc(Oc2[c-]c3c(cc2)c2ccccc2n3-c2cc(C3(c4cc(C(C)(C)C)cc(C(C)(C)C)c4)c4ccccc4-c4ccccc43)ccn2)[c-]c(N2[CH-]N(c3c(-c4ccccc4)cc(C(C)(C)C)cc3-c3ccccc3)c3ccccc32)c1.[Pt]. The molecule has 0 saturated carbocycles. The van der Waals surface area contributed by atoms with Crippen LogP contribution in [0, 0.1) is 18.8 Å². The van der Waals surface area contributed by atoms with Crippen molar-refractivity contribution in [1.82, 2.24) is 9.55 Å². The summed E-state index contributed by atoms with van der Waals surface area (Å²) in [4.78, 5) is 9.96. The zero-order chi connectivity index (χ0) is 61.1. The number of ether oxygens (including phenoxy) is 1. The average Bonchev–Trinajstić information content (AvgIpc) is 1.67. The van der Waals surface area contributed by atoms with Crippen molar-refractivity contribution >= 4 is 44.6 Å². The van der Waals surface area contributed by atoms with Gasteiger partial charge in [0.1, 0.15) is 5.82 Å². The van der Waals surface area contributed by atoms with E-state index in [1.165, 1.54) is 44.5 Å². The van der Waals surface area contributed by atoms with Gasteiger partial charge in [-0.3, -0.25) is 0 Å². The molecule has 2 aliphatic rings. The summed E-state index contributed by atoms with van der Waals surface area (Å²) < 4.78 is 9.42. The fourth-order valence-electron chi connectivity index (χ4n) is 13.4. The molecular formula is C83H75N4OPt-3. The molecule has 10 aromatic carbocycles. The maximum absolute atomic E-state index is 7.14. The summed E-state index contributed by atoms with van der Waals surface area (Å²) in [5.74, 6) is 1.98. The van der Waals surface area contributed by atoms with Gasteiger partial charge in [0, 0.05) is 72.5 Å². The van der Waals surface area contributed by atoms with Crippen molar-refractivity contribution in [1.29, 1.82) is 0 Å². The molecule has 3 heterocycles. The largest absolute Gasteiger partial charge is 0.509 e. The number of nitrogens with zero attached hydrogens (tertiary/aromatic N) is 4. The standard InChI is InChI=1S/C83H75N4O.Pt/c1-79(2,3)57-43-58(80(4,5)6)45-61(44-57)83(71-34-22-19-31-65(71)66-32-20-23-35-72(66)83)56-41-42-84-77(50-56)87-73-36-24-21-33-67(73)68-40-39-63(52-76(68)87)88-64-47-59(81(7,8)9)46-62(51-64)85-53-86(75-38-26-25-37-74(75)85)78-69(54-27-15-13-16-28-54)48-60(82(10,11)12)49-70(78)55-29-17-14-18-30-55;/h13-50,53H,1-12H3;/q-3;. The Morgan fingerprint density at radius 2 is 0.921 bits per heavy atom. The van der Waals surface area contributed by atoms with Crippen LogP contribution in [-0.4, -0.2) is 9.55 Å². The van der Waals surface area contributed by atoms with Gasteiger partial charge in [0.25, 0.3) is 0 Å². The summed E-state index contributed by atoms with van der Waals surface area (Å²) >= 11 is 0. The van der Waals surface area contributed by atoms with E-state index < -0.39 is 5.41 Å². The normalized spacial score (nSPS) is 13.8. The number of para-hydroxylation sites is 3. The molecule has 446 valence electrons. The maximum Gasteiger partial charge on any atom is 0.135 e. The van der Waals surface area contributed by atoms with Gasteiger partial charge in [0.05, 0.1) is 5.41 Å². The number of fused-ring (bicyclic) bond motifs is 7. The fraction of sp³-hybridized carbons (Fsp3) is 0.205. The molecule has 0 radical (unpaired) electrons. The van der Waals surface area contributed by atoms with Crippen LogP contribution in [0.1, 0.15) is 128 Å². The second-order valence-corrected chi connectivity index (χ2v) is 28.2. The molecule has 0 N–H and O–H groups in total. The van der Waals surface area contributed by atoms with Crippen molar-refractivity contribution in [3.63, 3.8) is 0 Å². The van der Waals surface area contributed by atoms with Crippen LogP contribution in [0.25, 0.3) is 61.0 Å². The van der Waals surface area contributed by atoms with Crippen LogP contribution < -0.4 is 14.5 Å². The average molecular weight is 1340 g/mol. The Kier molecular flexibility index (Phi) is 14.7. The first kappa shape index (κ1) is 59.2. The van der Waals surface area contributed by atoms with Crippen LogP contribution in [0.3, 0.4) is 0 Å². The number of pyridine rings is 1. The molecule has 0 bridgehead atoms. The number of anilines is 4. The molecule has 0 spiro atoms. The number of hydrogen-bond donors (Lipinski definition) is 0. The predicted octanol–water partition coefficient (Wildman–Crippen LogP) is 21.9. The molecule has 2 aromatic heterocycles. The van der Waals surface area contributed by atoms with Gasteiger partial charge in [-0.2, -0.15) is 6.07 Å². The molecule has 89 heavy (non-hydrogen) atoms. The smallest absolute Gasteiger partial charge is 0.135 e. The number of rotatable bonds is 9. The quantitative estimate of drug-likeness (QED) is 0.135. The number of aromatic nitrogens is 2. The van der Waals surface area contributed by atoms with Gasteiger partial charge >= 0.3 is 0 Å². The summed E-state index contributed by atoms with van der Waals surface area (Å²) in [7, 11) is 0. The van der Waals surface area contributed by atoms with Crippen molar-refractivity contribution in [2.75, 3.05) is 9.80 Å². The summed E-state index contributed by atoms with van der Waals surface area (Å²) in [6.45, 7) is 29.9. The van der Waals surface area contributed by atoms with Crippen LogP contribution >= 0.6 is 0 Å². The minimum absolute atomic E-state index is 0. The van der Waals surface area contributed by atoms with Gasteiger partial charge in [-0.15, -0.1) is 53.6 Å². The Labute approximate surface area is 541 Å². The minimum atomic E-state index is -0.663. The van der Waals surface area contributed by atoms with Crippen molar-refractivity contribution < 1.29 is 25.8 Å². The van der Waals surface area contributed by atoms with E-state index in [4.69, 9.17) is 9.72 Å². The van der Waals surface area contributed by atoms with E-state index in [2.05, 4.69) is 335 Å². The van der Waals surface area contributed by atoms with Gasteiger partial charge in [-0.1, -0.05) is 246 Å². The summed E-state index contributed by atoms with van der Waals surface area (Å²) in [6, 6.07) is 90.1. The molecule has 12 aromatic rings. The Morgan fingerprint density at radius 3 is 1.51 bits per heavy atom. The molecule has 6 heteroatoms. The third kappa shape index (κ3) is 10.3. The van der Waals surface area contributed by atoms with Crippen LogP contribution in [0.4, 0.5) is 22.7 Å². The molecule has 0 atom stereocenters. The van der Waals surface area contributed by atoms with E-state index >= 15 is 0 Å². The molecular weight excluding hydrogens is 1260 g/mol. The Hall–Kier alpha value is -8.76. The van der Waals surface area contributed by atoms with Crippen molar-refractivity contribution in [3.8, 4) is 50.7 Å². The topological polar surface area (TPSA) is 33.5 Å². The monoisotopic (exact) mass is 1340 g/mol. The molecule has 0 unspecified atom stereocenters. The Balaban J connectivity index is 0.00000729. The van der Waals surface area contributed by atoms with Crippen molar-refractivity contribution in [3.05, 3.63) is 294 Å². The number of hydrogen-bond acceptors (Lipinski definition) is 4. The predicted molar refractivity (Wildman–Crippen MR) is 367 cm³/mol. The van der Waals surface area contributed by atoms with Gasteiger partial charge in [0.15, 0.2) is 0 Å². The van der Waals surface area contributed by atoms with Gasteiger partial charge in [-0.25, -0.2) is 4.98 Å².